The van der Waals surface area contributed by atoms with Crippen LogP contribution in [0.15, 0.2) is 18.2 Å². The zero-order valence-electron chi connectivity index (χ0n) is 10.3. The first-order chi connectivity index (χ1) is 8.97. The number of hydrogen-bond donors (Lipinski definition) is 2. The van der Waals surface area contributed by atoms with Crippen molar-refractivity contribution >= 4 is 17.3 Å². The Hall–Kier alpha value is -2.06. The molecule has 1 atom stereocenters. The van der Waals surface area contributed by atoms with Gasteiger partial charge < -0.3 is 15.8 Å². The molecule has 0 radical (unpaired) electrons. The van der Waals surface area contributed by atoms with Crippen molar-refractivity contribution in [3.05, 3.63) is 34.1 Å². The van der Waals surface area contributed by atoms with Gasteiger partial charge in [-0.2, -0.15) is 0 Å². The Morgan fingerprint density at radius 1 is 1.63 bits per heavy atom. The van der Waals surface area contributed by atoms with E-state index in [0.717, 1.165) is 18.2 Å². The first-order valence-corrected chi connectivity index (χ1v) is 5.44. The Balaban J connectivity index is 2.83. The second-order valence-electron chi connectivity index (χ2n) is 3.76. The number of nitrogens with one attached hydrogen (secondary N) is 1. The summed E-state index contributed by atoms with van der Waals surface area (Å²) in [6.07, 6.45) is -0.562. The van der Waals surface area contributed by atoms with Crippen LogP contribution >= 0.6 is 0 Å². The summed E-state index contributed by atoms with van der Waals surface area (Å²) < 4.78 is 18.0. The number of anilines is 1. The van der Waals surface area contributed by atoms with Crippen molar-refractivity contribution in [1.82, 2.24) is 0 Å². The van der Waals surface area contributed by atoms with Crippen LogP contribution in [0.1, 0.15) is 6.42 Å². The van der Waals surface area contributed by atoms with Crippen LogP contribution in [0.4, 0.5) is 15.8 Å². The summed E-state index contributed by atoms with van der Waals surface area (Å²) in [5.41, 5.74) is 4.78. The molecule has 8 heteroatoms. The lowest BCUT2D eigenvalue weighted by molar-refractivity contribution is -0.384. The van der Waals surface area contributed by atoms with E-state index in [4.69, 9.17) is 10.5 Å². The second kappa shape index (κ2) is 6.76. The molecule has 0 saturated carbocycles. The van der Waals surface area contributed by atoms with E-state index in [-0.39, 0.29) is 24.3 Å². The van der Waals surface area contributed by atoms with Crippen molar-refractivity contribution < 1.29 is 18.8 Å². The van der Waals surface area contributed by atoms with Crippen LogP contribution in [0.25, 0.3) is 0 Å². The molecule has 1 unspecified atom stereocenters. The fourth-order valence-electron chi connectivity index (χ4n) is 1.44. The van der Waals surface area contributed by atoms with Crippen LogP contribution in [0, 0.1) is 15.9 Å². The average molecular weight is 271 g/mol. The molecule has 0 saturated heterocycles. The molecule has 1 aromatic carbocycles. The largest absolute Gasteiger partial charge is 0.380 e. The lowest BCUT2D eigenvalue weighted by Crippen LogP contribution is -2.28. The summed E-state index contributed by atoms with van der Waals surface area (Å²) in [7, 11) is 1.40. The van der Waals surface area contributed by atoms with Gasteiger partial charge in [0.15, 0.2) is 0 Å². The minimum Gasteiger partial charge on any atom is -0.380 e. The lowest BCUT2D eigenvalue weighted by atomic mass is 10.2. The Labute approximate surface area is 108 Å². The number of nitrogens with zero attached hydrogens (tertiary/aromatic N) is 1. The van der Waals surface area contributed by atoms with E-state index < -0.39 is 22.8 Å². The van der Waals surface area contributed by atoms with Crippen LogP contribution in [-0.4, -0.2) is 30.6 Å². The molecular formula is C11H14FN3O4. The fraction of sp³-hybridized carbons (Fsp3) is 0.364. The van der Waals surface area contributed by atoms with Gasteiger partial charge in [0.2, 0.25) is 5.91 Å². The molecule has 0 fully saturated rings. The Morgan fingerprint density at radius 2 is 2.32 bits per heavy atom. The van der Waals surface area contributed by atoms with Gasteiger partial charge in [0.1, 0.15) is 11.5 Å². The molecule has 7 nitrogen and oxygen atoms in total. The highest BCUT2D eigenvalue weighted by Crippen LogP contribution is 2.25. The molecule has 0 heterocycles. The van der Waals surface area contributed by atoms with E-state index in [1.54, 1.807) is 0 Å². The van der Waals surface area contributed by atoms with Crippen molar-refractivity contribution in [1.29, 1.82) is 0 Å². The van der Waals surface area contributed by atoms with Gasteiger partial charge in [0.25, 0.3) is 5.69 Å². The van der Waals surface area contributed by atoms with Gasteiger partial charge in [-0.05, 0) is 6.07 Å². The quantitative estimate of drug-likeness (QED) is 0.593. The summed E-state index contributed by atoms with van der Waals surface area (Å²) in [5.74, 6) is -1.21. The van der Waals surface area contributed by atoms with Crippen molar-refractivity contribution in [3.8, 4) is 0 Å². The molecule has 0 aliphatic heterocycles. The Bertz CT molecular complexity index is 477. The summed E-state index contributed by atoms with van der Waals surface area (Å²) in [5, 5.41) is 13.0. The highest BCUT2D eigenvalue weighted by Gasteiger charge is 2.18. The van der Waals surface area contributed by atoms with Crippen molar-refractivity contribution in [3.63, 3.8) is 0 Å². The number of ether oxygens (including phenoxy) is 1. The molecule has 1 rings (SSSR count). The SMILES string of the molecule is COC(CN)CC(=O)Nc1cc(F)ccc1[N+](=O)[O-]. The molecule has 1 amide bonds. The van der Waals surface area contributed by atoms with Crippen molar-refractivity contribution in [2.24, 2.45) is 5.73 Å². The lowest BCUT2D eigenvalue weighted by Gasteiger charge is -2.12. The molecule has 0 bridgehead atoms. The molecule has 0 aromatic heterocycles. The first kappa shape index (κ1) is 15.0. The van der Waals surface area contributed by atoms with Crippen LogP contribution < -0.4 is 11.1 Å². The van der Waals surface area contributed by atoms with Gasteiger partial charge in [-0.15, -0.1) is 0 Å². The number of nitro benzene ring substituents is 1. The number of carbonyl (C=O) groups is 1. The van der Waals surface area contributed by atoms with E-state index in [0.29, 0.717) is 0 Å². The Kier molecular flexibility index (Phi) is 5.34. The highest BCUT2D eigenvalue weighted by atomic mass is 19.1. The minimum atomic E-state index is -0.703. The smallest absolute Gasteiger partial charge is 0.292 e. The molecule has 0 spiro atoms. The van der Waals surface area contributed by atoms with Gasteiger partial charge in [0, 0.05) is 25.8 Å². The normalized spacial score (nSPS) is 11.9. The van der Waals surface area contributed by atoms with Gasteiger partial charge in [-0.1, -0.05) is 0 Å². The maximum absolute atomic E-state index is 13.0. The van der Waals surface area contributed by atoms with E-state index in [1.165, 1.54) is 7.11 Å². The zero-order valence-corrected chi connectivity index (χ0v) is 10.3. The number of hydrogen-bond acceptors (Lipinski definition) is 5. The van der Waals surface area contributed by atoms with Gasteiger partial charge in [-0.3, -0.25) is 14.9 Å². The molecule has 3 N–H and O–H groups in total. The van der Waals surface area contributed by atoms with Crippen LogP contribution in [0.3, 0.4) is 0 Å². The molecular weight excluding hydrogens is 257 g/mol. The topological polar surface area (TPSA) is 107 Å². The molecule has 19 heavy (non-hydrogen) atoms. The Morgan fingerprint density at radius 3 is 2.84 bits per heavy atom. The number of nitrogens with two attached hydrogens (primary N) is 1. The van der Waals surface area contributed by atoms with E-state index >= 15 is 0 Å². The summed E-state index contributed by atoms with van der Waals surface area (Å²) in [4.78, 5) is 21.7. The second-order valence-corrected chi connectivity index (χ2v) is 3.76. The van der Waals surface area contributed by atoms with E-state index in [9.17, 15) is 19.3 Å². The fourth-order valence-corrected chi connectivity index (χ4v) is 1.44. The van der Waals surface area contributed by atoms with Crippen molar-refractivity contribution in [2.45, 2.75) is 12.5 Å². The summed E-state index contributed by atoms with van der Waals surface area (Å²) in [6, 6.07) is 2.83. The maximum Gasteiger partial charge on any atom is 0.292 e. The number of methoxy groups -OCH3 is 1. The average Bonchev–Trinajstić information content (AvgIpc) is 2.35. The summed E-state index contributed by atoms with van der Waals surface area (Å²) in [6.45, 7) is 0.134. The molecule has 104 valence electrons. The van der Waals surface area contributed by atoms with E-state index in [2.05, 4.69) is 5.32 Å². The third kappa shape index (κ3) is 4.27. The van der Waals surface area contributed by atoms with Crippen molar-refractivity contribution in [2.75, 3.05) is 19.0 Å². The highest BCUT2D eigenvalue weighted by molar-refractivity contribution is 5.93. The number of carbonyl (C=O) groups excluding carboxylic acids is 1. The molecule has 0 aliphatic carbocycles. The predicted molar refractivity (Wildman–Crippen MR) is 66.2 cm³/mol. The number of amides is 1. The molecule has 1 aromatic rings. The van der Waals surface area contributed by atoms with Crippen LogP contribution in [-0.2, 0) is 9.53 Å². The van der Waals surface area contributed by atoms with E-state index in [1.807, 2.05) is 0 Å². The van der Waals surface area contributed by atoms with Crippen LogP contribution in [0.5, 0.6) is 0 Å². The van der Waals surface area contributed by atoms with Gasteiger partial charge in [-0.25, -0.2) is 4.39 Å². The number of nitro groups is 1. The van der Waals surface area contributed by atoms with Crippen LogP contribution in [0.2, 0.25) is 0 Å². The minimum absolute atomic E-state index is 0.0688. The molecule has 0 aliphatic rings. The third-order valence-electron chi connectivity index (χ3n) is 2.44. The predicted octanol–water partition coefficient (Wildman–Crippen LogP) is 1.04. The first-order valence-electron chi connectivity index (χ1n) is 5.44. The standard InChI is InChI=1S/C11H14FN3O4/c1-19-8(6-13)5-11(16)14-9-4-7(12)2-3-10(9)15(17)18/h2-4,8H,5-6,13H2,1H3,(H,14,16). The van der Waals surface area contributed by atoms with Gasteiger partial charge >= 0.3 is 0 Å². The number of halogens is 1. The van der Waals surface area contributed by atoms with Gasteiger partial charge in [0.05, 0.1) is 17.4 Å². The monoisotopic (exact) mass is 271 g/mol. The number of rotatable bonds is 6. The number of benzene rings is 1. The maximum atomic E-state index is 13.0. The third-order valence-corrected chi connectivity index (χ3v) is 2.44. The summed E-state index contributed by atoms with van der Waals surface area (Å²) >= 11 is 0. The zero-order chi connectivity index (χ0) is 14.4.